The Labute approximate surface area is 95.4 Å². The molecule has 90 valence electrons. The van der Waals surface area contributed by atoms with Crippen molar-refractivity contribution in [3.05, 3.63) is 0 Å². The van der Waals surface area contributed by atoms with Crippen LogP contribution in [0.4, 0.5) is 0 Å². The largest absolute Gasteiger partial charge is 0.317 e. The van der Waals surface area contributed by atoms with Crippen LogP contribution in [0.1, 0.15) is 46.5 Å². The zero-order chi connectivity index (χ0) is 11.3. The molecule has 15 heavy (non-hydrogen) atoms. The maximum atomic E-state index is 3.39. The average Bonchev–Trinajstić information content (AvgIpc) is 2.63. The summed E-state index contributed by atoms with van der Waals surface area (Å²) < 4.78 is 0. The van der Waals surface area contributed by atoms with Gasteiger partial charge >= 0.3 is 0 Å². The molecule has 0 radical (unpaired) electrons. The first kappa shape index (κ1) is 13.0. The Kier molecular flexibility index (Phi) is 5.62. The number of nitrogens with zero attached hydrogens (tertiary/aromatic N) is 1. The lowest BCUT2D eigenvalue weighted by atomic mass is 9.98. The molecule has 0 amide bonds. The molecule has 2 unspecified atom stereocenters. The van der Waals surface area contributed by atoms with Gasteiger partial charge in [-0.2, -0.15) is 0 Å². The molecule has 0 aromatic rings. The lowest BCUT2D eigenvalue weighted by molar-refractivity contribution is 0.171. The third kappa shape index (κ3) is 4.52. The monoisotopic (exact) mass is 212 g/mol. The lowest BCUT2D eigenvalue weighted by Gasteiger charge is -2.34. The molecule has 0 aromatic carbocycles. The molecule has 2 aliphatic heterocycles. The van der Waals surface area contributed by atoms with Gasteiger partial charge in [-0.1, -0.05) is 20.8 Å². The quantitative estimate of drug-likeness (QED) is 0.718. The molecule has 2 atom stereocenters. The van der Waals surface area contributed by atoms with E-state index >= 15 is 0 Å². The summed E-state index contributed by atoms with van der Waals surface area (Å²) in [5.41, 5.74) is 0. The number of hydrogen-bond acceptors (Lipinski definition) is 2. The number of rotatable bonds is 1. The number of hydrogen-bond donors (Lipinski definition) is 1. The van der Waals surface area contributed by atoms with Gasteiger partial charge in [0.15, 0.2) is 0 Å². The van der Waals surface area contributed by atoms with Crippen molar-refractivity contribution in [3.8, 4) is 0 Å². The summed E-state index contributed by atoms with van der Waals surface area (Å²) >= 11 is 0. The molecule has 2 nitrogen and oxygen atoms in total. The predicted octanol–water partition coefficient (Wildman–Crippen LogP) is 2.49. The van der Waals surface area contributed by atoms with E-state index in [0.29, 0.717) is 0 Å². The second kappa shape index (κ2) is 6.49. The van der Waals surface area contributed by atoms with Gasteiger partial charge in [-0.3, -0.25) is 0 Å². The molecule has 0 saturated carbocycles. The van der Waals surface area contributed by atoms with Crippen LogP contribution < -0.4 is 5.32 Å². The van der Waals surface area contributed by atoms with Crippen LogP contribution >= 0.6 is 0 Å². The first-order chi connectivity index (χ1) is 7.13. The Morgan fingerprint density at radius 1 is 1.13 bits per heavy atom. The van der Waals surface area contributed by atoms with Crippen molar-refractivity contribution >= 4 is 0 Å². The first-order valence-electron chi connectivity index (χ1n) is 6.54. The SMILES string of the molecule is CC(C)C.CNC1CCN2CCCC2C1. The van der Waals surface area contributed by atoms with Crippen molar-refractivity contribution in [2.24, 2.45) is 5.92 Å². The summed E-state index contributed by atoms with van der Waals surface area (Å²) in [6, 6.07) is 1.72. The molecular formula is C13H28N2. The highest BCUT2D eigenvalue weighted by Gasteiger charge is 2.30. The molecule has 2 heteroatoms. The van der Waals surface area contributed by atoms with Gasteiger partial charge in [0.25, 0.3) is 0 Å². The zero-order valence-corrected chi connectivity index (χ0v) is 10.9. The summed E-state index contributed by atoms with van der Waals surface area (Å²) in [6.07, 6.45) is 5.61. The third-order valence-corrected chi connectivity index (χ3v) is 3.23. The first-order valence-corrected chi connectivity index (χ1v) is 6.54. The van der Waals surface area contributed by atoms with Crippen LogP contribution in [-0.2, 0) is 0 Å². The molecule has 1 N–H and O–H groups in total. The third-order valence-electron chi connectivity index (χ3n) is 3.23. The van der Waals surface area contributed by atoms with E-state index in [-0.39, 0.29) is 0 Å². The van der Waals surface area contributed by atoms with Gasteiger partial charge in [-0.15, -0.1) is 0 Å². The van der Waals surface area contributed by atoms with E-state index in [4.69, 9.17) is 0 Å². The fourth-order valence-corrected chi connectivity index (χ4v) is 2.49. The Bertz CT molecular complexity index is 165. The van der Waals surface area contributed by atoms with E-state index in [0.717, 1.165) is 18.0 Å². The molecule has 0 aromatic heterocycles. The summed E-state index contributed by atoms with van der Waals surface area (Å²) in [5.74, 6) is 0.833. The van der Waals surface area contributed by atoms with Gasteiger partial charge < -0.3 is 10.2 Å². The minimum atomic E-state index is 0.800. The second-order valence-corrected chi connectivity index (χ2v) is 5.57. The van der Waals surface area contributed by atoms with Crippen LogP contribution in [0.15, 0.2) is 0 Å². The minimum Gasteiger partial charge on any atom is -0.317 e. The van der Waals surface area contributed by atoms with Crippen LogP contribution in [0.5, 0.6) is 0 Å². The van der Waals surface area contributed by atoms with Crippen molar-refractivity contribution in [3.63, 3.8) is 0 Å². The highest BCUT2D eigenvalue weighted by atomic mass is 15.2. The van der Waals surface area contributed by atoms with Crippen molar-refractivity contribution < 1.29 is 0 Å². The van der Waals surface area contributed by atoms with Gasteiger partial charge in [-0.05, 0) is 51.7 Å². The minimum absolute atomic E-state index is 0.800. The second-order valence-electron chi connectivity index (χ2n) is 5.57. The Morgan fingerprint density at radius 2 is 1.80 bits per heavy atom. The number of nitrogens with one attached hydrogen (secondary N) is 1. The van der Waals surface area contributed by atoms with Crippen LogP contribution in [0, 0.1) is 5.92 Å². The van der Waals surface area contributed by atoms with Crippen LogP contribution in [0.2, 0.25) is 0 Å². The zero-order valence-electron chi connectivity index (χ0n) is 10.9. The number of piperidine rings is 1. The summed E-state index contributed by atoms with van der Waals surface area (Å²) in [4.78, 5) is 2.66. The van der Waals surface area contributed by atoms with Crippen LogP contribution in [0.25, 0.3) is 0 Å². The van der Waals surface area contributed by atoms with E-state index in [1.165, 1.54) is 38.8 Å². The predicted molar refractivity (Wildman–Crippen MR) is 67.2 cm³/mol. The molecule has 2 aliphatic rings. The molecule has 2 heterocycles. The van der Waals surface area contributed by atoms with Crippen LogP contribution in [0.3, 0.4) is 0 Å². The lowest BCUT2D eigenvalue weighted by Crippen LogP contribution is -2.44. The van der Waals surface area contributed by atoms with Gasteiger partial charge in [-0.25, -0.2) is 0 Å². The highest BCUT2D eigenvalue weighted by molar-refractivity contribution is 4.88. The van der Waals surface area contributed by atoms with Crippen molar-refractivity contribution in [2.45, 2.75) is 58.5 Å². The van der Waals surface area contributed by atoms with E-state index in [1.807, 2.05) is 0 Å². The fourth-order valence-electron chi connectivity index (χ4n) is 2.49. The maximum Gasteiger partial charge on any atom is 0.0111 e. The summed E-state index contributed by atoms with van der Waals surface area (Å²) in [7, 11) is 2.09. The van der Waals surface area contributed by atoms with Crippen LogP contribution in [-0.4, -0.2) is 37.1 Å². The Balaban J connectivity index is 0.000000245. The van der Waals surface area contributed by atoms with E-state index in [2.05, 4.69) is 38.0 Å². The normalized spacial score (nSPS) is 31.0. The molecule has 0 aliphatic carbocycles. The van der Waals surface area contributed by atoms with Gasteiger partial charge in [0, 0.05) is 12.1 Å². The Morgan fingerprint density at radius 3 is 2.40 bits per heavy atom. The van der Waals surface area contributed by atoms with E-state index < -0.39 is 0 Å². The summed E-state index contributed by atoms with van der Waals surface area (Å²) in [5, 5.41) is 3.39. The standard InChI is InChI=1S/C9H18N2.C4H10/c1-10-8-4-6-11-5-2-3-9(11)7-8;1-4(2)3/h8-10H,2-7H2,1H3;4H,1-3H3. The number of fused-ring (bicyclic) bond motifs is 1. The molecule has 2 saturated heterocycles. The molecule has 0 bridgehead atoms. The van der Waals surface area contributed by atoms with E-state index in [9.17, 15) is 0 Å². The Hall–Kier alpha value is -0.0800. The van der Waals surface area contributed by atoms with Crippen molar-refractivity contribution in [1.82, 2.24) is 10.2 Å². The fraction of sp³-hybridized carbons (Fsp3) is 1.00. The molecule has 2 rings (SSSR count). The topological polar surface area (TPSA) is 15.3 Å². The smallest absolute Gasteiger partial charge is 0.0111 e. The molecular weight excluding hydrogens is 184 g/mol. The van der Waals surface area contributed by atoms with Gasteiger partial charge in [0.1, 0.15) is 0 Å². The highest BCUT2D eigenvalue weighted by Crippen LogP contribution is 2.26. The maximum absolute atomic E-state index is 3.39. The van der Waals surface area contributed by atoms with Gasteiger partial charge in [0.2, 0.25) is 0 Å². The molecule has 2 fully saturated rings. The molecule has 0 spiro atoms. The van der Waals surface area contributed by atoms with E-state index in [1.54, 1.807) is 0 Å². The summed E-state index contributed by atoms with van der Waals surface area (Å²) in [6.45, 7) is 9.19. The van der Waals surface area contributed by atoms with Crippen molar-refractivity contribution in [2.75, 3.05) is 20.1 Å². The van der Waals surface area contributed by atoms with Gasteiger partial charge in [0.05, 0.1) is 0 Å². The van der Waals surface area contributed by atoms with Crippen molar-refractivity contribution in [1.29, 1.82) is 0 Å². The average molecular weight is 212 g/mol.